The molecule has 0 saturated carbocycles. The first kappa shape index (κ1) is 23.0. The molecule has 1 atom stereocenters. The van der Waals surface area contributed by atoms with E-state index >= 15 is 0 Å². The van der Waals surface area contributed by atoms with Crippen LogP contribution in [0.3, 0.4) is 0 Å². The lowest BCUT2D eigenvalue weighted by atomic mass is 9.94. The van der Waals surface area contributed by atoms with E-state index in [1.165, 1.54) is 41.3 Å². The van der Waals surface area contributed by atoms with Crippen molar-refractivity contribution in [1.82, 2.24) is 0 Å². The van der Waals surface area contributed by atoms with Gasteiger partial charge in [-0.15, -0.1) is 0 Å². The van der Waals surface area contributed by atoms with Crippen LogP contribution in [0.25, 0.3) is 5.76 Å². The maximum atomic E-state index is 13.5. The molecule has 1 heterocycles. The average Bonchev–Trinajstić information content (AvgIpc) is 3.09. The molecule has 1 amide bonds. The predicted molar refractivity (Wildman–Crippen MR) is 126 cm³/mol. The lowest BCUT2D eigenvalue weighted by Gasteiger charge is -2.25. The number of rotatable bonds is 6. The van der Waals surface area contributed by atoms with Gasteiger partial charge in [-0.3, -0.25) is 14.5 Å². The molecule has 1 fully saturated rings. The van der Waals surface area contributed by atoms with Crippen molar-refractivity contribution < 1.29 is 28.9 Å². The van der Waals surface area contributed by atoms with Crippen LogP contribution in [0.4, 0.5) is 10.1 Å². The van der Waals surface area contributed by atoms with Crippen molar-refractivity contribution in [3.8, 4) is 11.5 Å². The molecule has 0 bridgehead atoms. The standard InChI is InChI=1S/C27H24FNO5/c1-3-13-34-22-12-7-18(14-16(22)2)25(31)23-24(17-5-4-6-21(30)15-17)29(27(33)26(23)32)20-10-8-19(28)9-11-20/h4-12,14-15,24,30-31H,3,13H2,1-2H3/b25-23-. The van der Waals surface area contributed by atoms with Crippen molar-refractivity contribution >= 4 is 23.1 Å². The fraction of sp³-hybridized carbons (Fsp3) is 0.185. The Balaban J connectivity index is 1.88. The second kappa shape index (κ2) is 9.39. The first-order valence-electron chi connectivity index (χ1n) is 10.9. The number of halogens is 1. The minimum atomic E-state index is -1.02. The van der Waals surface area contributed by atoms with E-state index in [9.17, 15) is 24.2 Å². The molecule has 3 aromatic carbocycles. The van der Waals surface area contributed by atoms with Gasteiger partial charge in [-0.25, -0.2) is 4.39 Å². The Bertz CT molecular complexity index is 1280. The summed E-state index contributed by atoms with van der Waals surface area (Å²) >= 11 is 0. The number of ether oxygens (including phenoxy) is 1. The number of carbonyl (C=O) groups excluding carboxylic acids is 2. The molecule has 2 N–H and O–H groups in total. The number of nitrogens with zero attached hydrogens (tertiary/aromatic N) is 1. The molecule has 0 radical (unpaired) electrons. The third-order valence-electron chi connectivity index (χ3n) is 5.65. The van der Waals surface area contributed by atoms with E-state index in [-0.39, 0.29) is 22.8 Å². The highest BCUT2D eigenvalue weighted by molar-refractivity contribution is 6.51. The smallest absolute Gasteiger partial charge is 0.300 e. The van der Waals surface area contributed by atoms with Crippen molar-refractivity contribution in [2.45, 2.75) is 26.3 Å². The molecular formula is C27H24FNO5. The molecule has 0 aromatic heterocycles. The SMILES string of the molecule is CCCOc1ccc(/C(O)=C2/C(=O)C(=O)N(c3ccc(F)cc3)C2c2cccc(O)c2)cc1C. The van der Waals surface area contributed by atoms with E-state index in [4.69, 9.17) is 4.74 Å². The number of phenols is 1. The van der Waals surface area contributed by atoms with Crippen molar-refractivity contribution in [1.29, 1.82) is 0 Å². The van der Waals surface area contributed by atoms with Crippen molar-refractivity contribution in [3.05, 3.63) is 94.8 Å². The Hall–Kier alpha value is -4.13. The summed E-state index contributed by atoms with van der Waals surface area (Å²) in [6.07, 6.45) is 0.845. The lowest BCUT2D eigenvalue weighted by molar-refractivity contribution is -0.132. The number of phenolic OH excluding ortho intramolecular Hbond substituents is 1. The number of carbonyl (C=O) groups is 2. The van der Waals surface area contributed by atoms with E-state index in [0.717, 1.165) is 12.0 Å². The molecular weight excluding hydrogens is 437 g/mol. The molecule has 7 heteroatoms. The van der Waals surface area contributed by atoms with Crippen molar-refractivity contribution in [2.75, 3.05) is 11.5 Å². The predicted octanol–water partition coefficient (Wildman–Crippen LogP) is 5.25. The number of aromatic hydroxyl groups is 1. The maximum absolute atomic E-state index is 13.5. The Morgan fingerprint density at radius 3 is 2.44 bits per heavy atom. The monoisotopic (exact) mass is 461 g/mol. The number of aryl methyl sites for hydroxylation is 1. The highest BCUT2D eigenvalue weighted by Crippen LogP contribution is 2.43. The molecule has 4 rings (SSSR count). The molecule has 1 saturated heterocycles. The third-order valence-corrected chi connectivity index (χ3v) is 5.65. The number of anilines is 1. The number of amides is 1. The number of Topliss-reactive ketones (excluding diaryl/α,β-unsaturated/α-hetero) is 1. The summed E-state index contributed by atoms with van der Waals surface area (Å²) in [6, 6.07) is 15.3. The van der Waals surface area contributed by atoms with Crippen LogP contribution in [0.2, 0.25) is 0 Å². The lowest BCUT2D eigenvalue weighted by Crippen LogP contribution is -2.29. The zero-order valence-electron chi connectivity index (χ0n) is 18.8. The third kappa shape index (κ3) is 4.24. The summed E-state index contributed by atoms with van der Waals surface area (Å²) in [5.74, 6) is -1.97. The minimum Gasteiger partial charge on any atom is -0.508 e. The number of aliphatic hydroxyl groups is 1. The summed E-state index contributed by atoms with van der Waals surface area (Å²) in [4.78, 5) is 27.5. The van der Waals surface area contributed by atoms with Gasteiger partial charge in [0.25, 0.3) is 11.7 Å². The van der Waals surface area contributed by atoms with Gasteiger partial charge in [-0.2, -0.15) is 0 Å². The van der Waals surface area contributed by atoms with Gasteiger partial charge in [0.05, 0.1) is 18.2 Å². The molecule has 3 aromatic rings. The summed E-state index contributed by atoms with van der Waals surface area (Å²) in [6.45, 7) is 4.37. The van der Waals surface area contributed by atoms with Crippen LogP contribution < -0.4 is 9.64 Å². The number of hydrogen-bond donors (Lipinski definition) is 2. The molecule has 1 aliphatic heterocycles. The van der Waals surface area contributed by atoms with Gasteiger partial charge < -0.3 is 14.9 Å². The molecule has 34 heavy (non-hydrogen) atoms. The quantitative estimate of drug-likeness (QED) is 0.297. The van der Waals surface area contributed by atoms with Crippen LogP contribution in [-0.4, -0.2) is 28.5 Å². The summed E-state index contributed by atoms with van der Waals surface area (Å²) in [7, 11) is 0. The number of benzene rings is 3. The highest BCUT2D eigenvalue weighted by Gasteiger charge is 2.47. The number of hydrogen-bond acceptors (Lipinski definition) is 5. The number of aliphatic hydroxyl groups excluding tert-OH is 1. The molecule has 1 aliphatic rings. The first-order valence-corrected chi connectivity index (χ1v) is 10.9. The minimum absolute atomic E-state index is 0.0598. The fourth-order valence-corrected chi connectivity index (χ4v) is 4.04. The summed E-state index contributed by atoms with van der Waals surface area (Å²) in [5.41, 5.74) is 1.70. The van der Waals surface area contributed by atoms with Gasteiger partial charge in [-0.05, 0) is 79.1 Å². The van der Waals surface area contributed by atoms with Crippen LogP contribution in [0.15, 0.2) is 72.3 Å². The summed E-state index contributed by atoms with van der Waals surface area (Å²) < 4.78 is 19.2. The Labute approximate surface area is 196 Å². The van der Waals surface area contributed by atoms with E-state index in [1.54, 1.807) is 30.3 Å². The van der Waals surface area contributed by atoms with Crippen molar-refractivity contribution in [2.24, 2.45) is 0 Å². The highest BCUT2D eigenvalue weighted by atomic mass is 19.1. The Kier molecular flexibility index (Phi) is 6.36. The first-order chi connectivity index (χ1) is 16.3. The van der Waals surface area contributed by atoms with Gasteiger partial charge >= 0.3 is 0 Å². The maximum Gasteiger partial charge on any atom is 0.300 e. The Morgan fingerprint density at radius 1 is 1.06 bits per heavy atom. The average molecular weight is 461 g/mol. The van der Waals surface area contributed by atoms with E-state index < -0.39 is 23.5 Å². The zero-order chi connectivity index (χ0) is 24.4. The van der Waals surface area contributed by atoms with E-state index in [1.807, 2.05) is 13.8 Å². The van der Waals surface area contributed by atoms with Crippen LogP contribution in [0.1, 0.15) is 36.1 Å². The summed E-state index contributed by atoms with van der Waals surface area (Å²) in [5, 5.41) is 21.3. The van der Waals surface area contributed by atoms with Crippen LogP contribution in [-0.2, 0) is 9.59 Å². The van der Waals surface area contributed by atoms with Crippen molar-refractivity contribution in [3.63, 3.8) is 0 Å². The molecule has 0 aliphatic carbocycles. The Morgan fingerprint density at radius 2 is 1.79 bits per heavy atom. The van der Waals surface area contributed by atoms with E-state index in [2.05, 4.69) is 0 Å². The number of ketones is 1. The topological polar surface area (TPSA) is 87.1 Å². The fourth-order valence-electron chi connectivity index (χ4n) is 4.04. The normalized spacial score (nSPS) is 17.3. The largest absolute Gasteiger partial charge is 0.508 e. The van der Waals surface area contributed by atoms with Crippen LogP contribution in [0.5, 0.6) is 11.5 Å². The zero-order valence-corrected chi connectivity index (χ0v) is 18.8. The molecule has 6 nitrogen and oxygen atoms in total. The van der Waals surface area contributed by atoms with Gasteiger partial charge in [0.1, 0.15) is 23.1 Å². The second-order valence-electron chi connectivity index (χ2n) is 8.07. The molecule has 0 spiro atoms. The van der Waals surface area contributed by atoms with Gasteiger partial charge in [0.15, 0.2) is 0 Å². The second-order valence-corrected chi connectivity index (χ2v) is 8.07. The van der Waals surface area contributed by atoms with Gasteiger partial charge in [-0.1, -0.05) is 19.1 Å². The van der Waals surface area contributed by atoms with Crippen LogP contribution >= 0.6 is 0 Å². The van der Waals surface area contributed by atoms with Crippen LogP contribution in [0, 0.1) is 12.7 Å². The molecule has 174 valence electrons. The molecule has 1 unspecified atom stereocenters. The van der Waals surface area contributed by atoms with Gasteiger partial charge in [0.2, 0.25) is 0 Å². The van der Waals surface area contributed by atoms with E-state index in [0.29, 0.717) is 23.5 Å². The van der Waals surface area contributed by atoms with Gasteiger partial charge in [0, 0.05) is 11.3 Å².